The lowest BCUT2D eigenvalue weighted by Gasteiger charge is -2.24. The number of aromatic nitrogens is 2. The third-order valence-corrected chi connectivity index (χ3v) is 3.83. The average molecular weight is 293 g/mol. The summed E-state index contributed by atoms with van der Waals surface area (Å²) in [6, 6.07) is 0.573. The number of carbonyl (C=O) groups is 1. The third kappa shape index (κ3) is 4.37. The maximum absolute atomic E-state index is 10.7. The van der Waals surface area contributed by atoms with Crippen molar-refractivity contribution in [2.24, 2.45) is 0 Å². The lowest BCUT2D eigenvalue weighted by molar-refractivity contribution is -0.135. The number of hydrogen-bond donors (Lipinski definition) is 1. The van der Waals surface area contributed by atoms with Gasteiger partial charge in [-0.3, -0.25) is 9.69 Å². The fourth-order valence-corrected chi connectivity index (χ4v) is 2.59. The van der Waals surface area contributed by atoms with Crippen molar-refractivity contribution in [1.82, 2.24) is 19.8 Å². The van der Waals surface area contributed by atoms with Crippen LogP contribution in [0.4, 0.5) is 5.95 Å². The van der Waals surface area contributed by atoms with Gasteiger partial charge in [-0.2, -0.15) is 0 Å². The normalized spacial score (nSPS) is 19.1. The summed E-state index contributed by atoms with van der Waals surface area (Å²) in [6.45, 7) is 2.94. The van der Waals surface area contributed by atoms with E-state index in [0.717, 1.165) is 25.2 Å². The quantitative estimate of drug-likeness (QED) is 0.799. The molecule has 0 bridgehead atoms. The molecule has 2 rings (SSSR count). The molecule has 0 saturated carbocycles. The summed E-state index contributed by atoms with van der Waals surface area (Å²) in [7, 11) is 5.93. The number of aliphatic carboxylic acids is 1. The second kappa shape index (κ2) is 6.82. The highest BCUT2D eigenvalue weighted by Gasteiger charge is 2.23. The van der Waals surface area contributed by atoms with Crippen LogP contribution in [0.2, 0.25) is 0 Å². The molecular weight excluding hydrogens is 270 g/mol. The van der Waals surface area contributed by atoms with Gasteiger partial charge in [-0.1, -0.05) is 0 Å². The highest BCUT2D eigenvalue weighted by molar-refractivity contribution is 5.72. The van der Waals surface area contributed by atoms with E-state index in [1.165, 1.54) is 11.3 Å². The van der Waals surface area contributed by atoms with Gasteiger partial charge in [0.1, 0.15) is 6.54 Å². The summed E-state index contributed by atoms with van der Waals surface area (Å²) in [5, 5.41) is 8.75. The molecule has 1 N–H and O–H groups in total. The molecule has 1 atom stereocenters. The summed E-state index contributed by atoms with van der Waals surface area (Å²) < 4.78 is 0. The van der Waals surface area contributed by atoms with Gasteiger partial charge < -0.3 is 14.9 Å². The molecule has 1 aromatic rings. The minimum Gasteiger partial charge on any atom is -0.480 e. The van der Waals surface area contributed by atoms with Gasteiger partial charge in [0.15, 0.2) is 0 Å². The Bertz CT molecular complexity index is 479. The molecule has 1 fully saturated rings. The van der Waals surface area contributed by atoms with E-state index in [4.69, 9.17) is 5.11 Å². The van der Waals surface area contributed by atoms with Crippen LogP contribution in [0.5, 0.6) is 0 Å². The molecule has 21 heavy (non-hydrogen) atoms. The summed E-state index contributed by atoms with van der Waals surface area (Å²) in [5.74, 6) is -0.459. The summed E-state index contributed by atoms with van der Waals surface area (Å²) >= 11 is 0. The number of hydrogen-bond acceptors (Lipinski definition) is 6. The summed E-state index contributed by atoms with van der Waals surface area (Å²) in [5.41, 5.74) is 1.04. The number of likely N-dealkylation sites (N-methyl/N-ethyl adjacent to an activating group) is 3. The predicted molar refractivity (Wildman–Crippen MR) is 80.3 cm³/mol. The van der Waals surface area contributed by atoms with Crippen molar-refractivity contribution >= 4 is 11.9 Å². The molecule has 1 aromatic heterocycles. The first-order chi connectivity index (χ1) is 9.95. The van der Waals surface area contributed by atoms with Gasteiger partial charge >= 0.3 is 5.97 Å². The Balaban J connectivity index is 1.91. The Hall–Kier alpha value is -1.73. The van der Waals surface area contributed by atoms with Crippen molar-refractivity contribution in [2.45, 2.75) is 19.0 Å². The number of carboxylic acids is 1. The zero-order valence-corrected chi connectivity index (χ0v) is 12.9. The fraction of sp³-hybridized carbons (Fsp3) is 0.643. The second-order valence-electron chi connectivity index (χ2n) is 5.76. The van der Waals surface area contributed by atoms with Crippen LogP contribution >= 0.6 is 0 Å². The molecule has 7 nitrogen and oxygen atoms in total. The van der Waals surface area contributed by atoms with E-state index in [1.807, 2.05) is 0 Å². The Labute approximate surface area is 125 Å². The van der Waals surface area contributed by atoms with E-state index in [1.54, 1.807) is 19.4 Å². The molecule has 0 radical (unpaired) electrons. The molecule has 0 amide bonds. The molecule has 1 aliphatic rings. The van der Waals surface area contributed by atoms with Crippen LogP contribution in [0.3, 0.4) is 0 Å². The maximum Gasteiger partial charge on any atom is 0.323 e. The Morgan fingerprint density at radius 2 is 2.10 bits per heavy atom. The zero-order valence-electron chi connectivity index (χ0n) is 12.9. The van der Waals surface area contributed by atoms with E-state index in [9.17, 15) is 4.79 Å². The van der Waals surface area contributed by atoms with Crippen molar-refractivity contribution in [3.05, 3.63) is 18.0 Å². The molecule has 1 saturated heterocycles. The van der Waals surface area contributed by atoms with Gasteiger partial charge in [-0.15, -0.1) is 0 Å². The van der Waals surface area contributed by atoms with Crippen molar-refractivity contribution in [2.75, 3.05) is 45.7 Å². The molecule has 0 spiro atoms. The van der Waals surface area contributed by atoms with Gasteiger partial charge in [-0.05, 0) is 27.1 Å². The van der Waals surface area contributed by atoms with Crippen molar-refractivity contribution < 1.29 is 9.90 Å². The first-order valence-electron chi connectivity index (χ1n) is 7.08. The van der Waals surface area contributed by atoms with Gasteiger partial charge in [0.25, 0.3) is 0 Å². The number of nitrogens with zero attached hydrogens (tertiary/aromatic N) is 5. The number of carboxylic acid groups (broad SMARTS) is 1. The average Bonchev–Trinajstić information content (AvgIpc) is 2.85. The van der Waals surface area contributed by atoms with E-state index < -0.39 is 5.97 Å². The Kier molecular flexibility index (Phi) is 5.08. The highest BCUT2D eigenvalue weighted by atomic mass is 16.4. The first-order valence-corrected chi connectivity index (χ1v) is 7.08. The molecule has 116 valence electrons. The summed E-state index contributed by atoms with van der Waals surface area (Å²) in [6.07, 6.45) is 4.74. The lowest BCUT2D eigenvalue weighted by atomic mass is 10.2. The minimum atomic E-state index is -0.893. The molecule has 7 heteroatoms. The van der Waals surface area contributed by atoms with Crippen molar-refractivity contribution in [1.29, 1.82) is 0 Å². The first kappa shape index (κ1) is 15.7. The number of likely N-dealkylation sites (tertiary alicyclic amines) is 1. The van der Waals surface area contributed by atoms with Gasteiger partial charge in [-0.25, -0.2) is 9.97 Å². The number of anilines is 1. The molecule has 2 heterocycles. The van der Waals surface area contributed by atoms with Gasteiger partial charge in [0.2, 0.25) is 5.95 Å². The largest absolute Gasteiger partial charge is 0.480 e. The topological polar surface area (TPSA) is 72.8 Å². The van der Waals surface area contributed by atoms with Crippen molar-refractivity contribution in [3.63, 3.8) is 0 Å². The van der Waals surface area contributed by atoms with Gasteiger partial charge in [0.05, 0.1) is 0 Å². The van der Waals surface area contributed by atoms with Crippen LogP contribution in [0.15, 0.2) is 12.4 Å². The van der Waals surface area contributed by atoms with Gasteiger partial charge in [0, 0.05) is 44.1 Å². The van der Waals surface area contributed by atoms with Crippen LogP contribution < -0.4 is 4.90 Å². The van der Waals surface area contributed by atoms with Crippen LogP contribution in [-0.4, -0.2) is 77.7 Å². The molecule has 0 aromatic carbocycles. The Morgan fingerprint density at radius 1 is 1.43 bits per heavy atom. The fourth-order valence-electron chi connectivity index (χ4n) is 2.59. The third-order valence-electron chi connectivity index (χ3n) is 3.83. The Morgan fingerprint density at radius 3 is 2.62 bits per heavy atom. The highest BCUT2D eigenvalue weighted by Crippen LogP contribution is 2.15. The SMILES string of the molecule is CN1CCC(N(C)Cc2cnc(N(C)CC(=O)O)nc2)C1. The summed E-state index contributed by atoms with van der Waals surface area (Å²) in [4.78, 5) is 25.3. The molecular formula is C14H23N5O2. The monoisotopic (exact) mass is 293 g/mol. The van der Waals surface area contributed by atoms with Crippen molar-refractivity contribution in [3.8, 4) is 0 Å². The lowest BCUT2D eigenvalue weighted by Crippen LogP contribution is -2.33. The molecule has 1 aliphatic heterocycles. The van der Waals surface area contributed by atoms with Crippen LogP contribution in [0, 0.1) is 0 Å². The van der Waals surface area contributed by atoms with E-state index in [0.29, 0.717) is 12.0 Å². The number of rotatable bonds is 6. The molecule has 1 unspecified atom stereocenters. The molecule has 0 aliphatic carbocycles. The van der Waals surface area contributed by atoms with Crippen LogP contribution in [0.25, 0.3) is 0 Å². The second-order valence-corrected chi connectivity index (χ2v) is 5.76. The van der Waals surface area contributed by atoms with E-state index >= 15 is 0 Å². The predicted octanol–water partition coefficient (Wildman–Crippen LogP) is 0.133. The zero-order chi connectivity index (χ0) is 15.4. The minimum absolute atomic E-state index is 0.104. The standard InChI is InChI=1S/C14H23N5O2/c1-17-5-4-12(9-17)18(2)8-11-6-15-14(16-7-11)19(3)10-13(20)21/h6-7,12H,4-5,8-10H2,1-3H3,(H,20,21). The maximum atomic E-state index is 10.7. The smallest absolute Gasteiger partial charge is 0.323 e. The van der Waals surface area contributed by atoms with E-state index in [2.05, 4.69) is 33.9 Å². The van der Waals surface area contributed by atoms with Crippen LogP contribution in [-0.2, 0) is 11.3 Å². The van der Waals surface area contributed by atoms with E-state index in [-0.39, 0.29) is 6.54 Å². The van der Waals surface area contributed by atoms with Crippen LogP contribution in [0.1, 0.15) is 12.0 Å².